The van der Waals surface area contributed by atoms with Gasteiger partial charge in [-0.25, -0.2) is 0 Å². The van der Waals surface area contributed by atoms with Crippen molar-refractivity contribution in [1.29, 1.82) is 0 Å². The molecule has 13 heavy (non-hydrogen) atoms. The summed E-state index contributed by atoms with van der Waals surface area (Å²) in [6.07, 6.45) is 7.17. The molecule has 1 saturated carbocycles. The summed E-state index contributed by atoms with van der Waals surface area (Å²) in [5.74, 6) is 0.886. The van der Waals surface area contributed by atoms with E-state index in [4.69, 9.17) is 0 Å². The zero-order valence-corrected chi connectivity index (χ0v) is 9.55. The van der Waals surface area contributed by atoms with Gasteiger partial charge in [-0.05, 0) is 41.1 Å². The molecule has 0 atom stereocenters. The normalized spacial score (nSPS) is 17.4. The number of halogens is 1. The van der Waals surface area contributed by atoms with Crippen LogP contribution in [0.3, 0.4) is 0 Å². The third-order valence-corrected chi connectivity index (χ3v) is 3.55. The van der Waals surface area contributed by atoms with Crippen molar-refractivity contribution < 1.29 is 0 Å². The van der Waals surface area contributed by atoms with E-state index in [1.165, 1.54) is 25.0 Å². The van der Waals surface area contributed by atoms with Crippen molar-refractivity contribution in [2.75, 3.05) is 0 Å². The lowest BCUT2D eigenvalue weighted by molar-refractivity contribution is 0.263. The molecule has 1 aliphatic carbocycles. The van der Waals surface area contributed by atoms with Crippen LogP contribution in [0.5, 0.6) is 0 Å². The molecule has 0 radical (unpaired) electrons. The quantitative estimate of drug-likeness (QED) is 0.797. The van der Waals surface area contributed by atoms with Crippen LogP contribution < -0.4 is 0 Å². The van der Waals surface area contributed by atoms with Gasteiger partial charge < -0.3 is 0 Å². The Morgan fingerprint density at radius 1 is 1.62 bits per heavy atom. The first-order chi connectivity index (χ1) is 6.31. The Balaban J connectivity index is 2.09. The molecular weight excluding hydrogens is 228 g/mol. The van der Waals surface area contributed by atoms with Crippen LogP contribution in [0.2, 0.25) is 0 Å². The van der Waals surface area contributed by atoms with Crippen LogP contribution in [0.25, 0.3) is 0 Å². The highest BCUT2D eigenvalue weighted by atomic mass is 79.9. The summed E-state index contributed by atoms with van der Waals surface area (Å²) in [5, 5.41) is 4.38. The minimum absolute atomic E-state index is 0.886. The van der Waals surface area contributed by atoms with Gasteiger partial charge in [0.25, 0.3) is 0 Å². The van der Waals surface area contributed by atoms with Gasteiger partial charge in [0.1, 0.15) is 0 Å². The summed E-state index contributed by atoms with van der Waals surface area (Å²) < 4.78 is 3.32. The van der Waals surface area contributed by atoms with E-state index in [1.54, 1.807) is 0 Å². The maximum absolute atomic E-state index is 4.38. The van der Waals surface area contributed by atoms with Crippen molar-refractivity contribution in [3.05, 3.63) is 16.4 Å². The summed E-state index contributed by atoms with van der Waals surface area (Å²) in [5.41, 5.74) is 1.34. The van der Waals surface area contributed by atoms with E-state index in [0.717, 1.165) is 23.4 Å². The van der Waals surface area contributed by atoms with Crippen molar-refractivity contribution in [3.8, 4) is 0 Å². The molecule has 0 bridgehead atoms. The fraction of sp³-hybridized carbons (Fsp3) is 0.700. The summed E-state index contributed by atoms with van der Waals surface area (Å²) >= 11 is 3.52. The van der Waals surface area contributed by atoms with E-state index in [1.807, 2.05) is 6.20 Å². The smallest absolute Gasteiger partial charge is 0.0635 e. The highest BCUT2D eigenvalue weighted by Crippen LogP contribution is 2.29. The Bertz CT molecular complexity index is 289. The Hall–Kier alpha value is -0.310. The van der Waals surface area contributed by atoms with Gasteiger partial charge in [-0.1, -0.05) is 13.3 Å². The van der Waals surface area contributed by atoms with Gasteiger partial charge in [0.05, 0.1) is 16.4 Å². The van der Waals surface area contributed by atoms with Crippen LogP contribution in [0.1, 0.15) is 31.9 Å². The molecule has 0 aliphatic heterocycles. The summed E-state index contributed by atoms with van der Waals surface area (Å²) in [6, 6.07) is 0. The first-order valence-electron chi connectivity index (χ1n) is 5.01. The molecule has 1 aliphatic rings. The van der Waals surface area contributed by atoms with Crippen LogP contribution in [0.15, 0.2) is 10.7 Å². The van der Waals surface area contributed by atoms with Gasteiger partial charge in [0, 0.05) is 6.54 Å². The molecule has 0 spiro atoms. The highest BCUT2D eigenvalue weighted by molar-refractivity contribution is 9.10. The summed E-state index contributed by atoms with van der Waals surface area (Å²) in [6.45, 7) is 3.30. The molecule has 1 aromatic heterocycles. The van der Waals surface area contributed by atoms with Gasteiger partial charge in [0.15, 0.2) is 0 Å². The predicted molar refractivity (Wildman–Crippen MR) is 56.6 cm³/mol. The molecule has 1 fully saturated rings. The maximum Gasteiger partial charge on any atom is 0.0635 e. The minimum Gasteiger partial charge on any atom is -0.268 e. The van der Waals surface area contributed by atoms with Gasteiger partial charge in [-0.15, -0.1) is 0 Å². The first kappa shape index (κ1) is 9.25. The predicted octanol–water partition coefficient (Wildman–Crippen LogP) is 3.01. The molecule has 0 amide bonds. The molecule has 2 rings (SSSR count). The van der Waals surface area contributed by atoms with E-state index in [9.17, 15) is 0 Å². The Labute approximate surface area is 87.5 Å². The average molecular weight is 243 g/mol. The molecule has 2 nitrogen and oxygen atoms in total. The van der Waals surface area contributed by atoms with Crippen LogP contribution >= 0.6 is 15.9 Å². The second-order valence-electron chi connectivity index (χ2n) is 3.77. The van der Waals surface area contributed by atoms with Crippen molar-refractivity contribution in [1.82, 2.24) is 9.78 Å². The highest BCUT2D eigenvalue weighted by Gasteiger charge is 2.19. The lowest BCUT2D eigenvalue weighted by Gasteiger charge is -2.25. The van der Waals surface area contributed by atoms with E-state index in [0.29, 0.717) is 0 Å². The molecule has 0 unspecified atom stereocenters. The van der Waals surface area contributed by atoms with E-state index < -0.39 is 0 Å². The zero-order valence-electron chi connectivity index (χ0n) is 7.96. The van der Waals surface area contributed by atoms with Crippen LogP contribution in [0, 0.1) is 5.92 Å². The van der Waals surface area contributed by atoms with Crippen molar-refractivity contribution >= 4 is 15.9 Å². The summed E-state index contributed by atoms with van der Waals surface area (Å²) in [4.78, 5) is 0. The molecule has 3 heteroatoms. The monoisotopic (exact) mass is 242 g/mol. The van der Waals surface area contributed by atoms with Gasteiger partial charge >= 0.3 is 0 Å². The Morgan fingerprint density at radius 3 is 2.92 bits per heavy atom. The Morgan fingerprint density at radius 2 is 2.38 bits per heavy atom. The second-order valence-corrected chi connectivity index (χ2v) is 4.63. The van der Waals surface area contributed by atoms with Crippen molar-refractivity contribution in [3.63, 3.8) is 0 Å². The molecule has 0 aromatic carbocycles. The largest absolute Gasteiger partial charge is 0.268 e. The number of hydrogen-bond donors (Lipinski definition) is 0. The third-order valence-electron chi connectivity index (χ3n) is 2.89. The van der Waals surface area contributed by atoms with Gasteiger partial charge in [0.2, 0.25) is 0 Å². The number of hydrogen-bond acceptors (Lipinski definition) is 1. The summed E-state index contributed by atoms with van der Waals surface area (Å²) in [7, 11) is 0. The van der Waals surface area contributed by atoms with Crippen LogP contribution in [0.4, 0.5) is 0 Å². The second kappa shape index (κ2) is 3.82. The molecule has 1 aromatic rings. The standard InChI is InChI=1S/C10H15BrN2/c1-2-10-9(11)6-12-13(10)7-8-4-3-5-8/h6,8H,2-5,7H2,1H3. The lowest BCUT2D eigenvalue weighted by atomic mass is 9.85. The van der Waals surface area contributed by atoms with Crippen molar-refractivity contribution in [2.24, 2.45) is 5.92 Å². The molecular formula is C10H15BrN2. The maximum atomic E-state index is 4.38. The molecule has 0 saturated heterocycles. The number of rotatable bonds is 3. The van der Waals surface area contributed by atoms with Crippen LogP contribution in [-0.2, 0) is 13.0 Å². The average Bonchev–Trinajstić information content (AvgIpc) is 2.39. The topological polar surface area (TPSA) is 17.8 Å². The fourth-order valence-electron chi connectivity index (χ4n) is 1.82. The first-order valence-corrected chi connectivity index (χ1v) is 5.80. The van der Waals surface area contributed by atoms with E-state index in [-0.39, 0.29) is 0 Å². The van der Waals surface area contributed by atoms with E-state index >= 15 is 0 Å². The number of aromatic nitrogens is 2. The van der Waals surface area contributed by atoms with E-state index in [2.05, 4.69) is 32.6 Å². The van der Waals surface area contributed by atoms with Crippen LogP contribution in [-0.4, -0.2) is 9.78 Å². The van der Waals surface area contributed by atoms with Gasteiger partial charge in [-0.3, -0.25) is 4.68 Å². The SMILES string of the molecule is CCc1c(Br)cnn1CC1CCC1. The minimum atomic E-state index is 0.886. The number of nitrogens with zero attached hydrogens (tertiary/aromatic N) is 2. The molecule has 0 N–H and O–H groups in total. The third kappa shape index (κ3) is 1.80. The fourth-order valence-corrected chi connectivity index (χ4v) is 2.39. The zero-order chi connectivity index (χ0) is 9.26. The molecule has 1 heterocycles. The Kier molecular flexibility index (Phi) is 2.72. The van der Waals surface area contributed by atoms with Crippen molar-refractivity contribution in [2.45, 2.75) is 39.2 Å². The lowest BCUT2D eigenvalue weighted by Crippen LogP contribution is -2.20. The molecule has 72 valence electrons. The van der Waals surface area contributed by atoms with Gasteiger partial charge in [-0.2, -0.15) is 5.10 Å².